The first-order chi connectivity index (χ1) is 15.7. The number of hydrogen-bond donors (Lipinski definition) is 2. The van der Waals surface area contributed by atoms with Crippen LogP contribution in [0.4, 0.5) is 5.69 Å². The van der Waals surface area contributed by atoms with Crippen molar-refractivity contribution in [1.29, 1.82) is 0 Å². The van der Waals surface area contributed by atoms with E-state index >= 15 is 0 Å². The van der Waals surface area contributed by atoms with Gasteiger partial charge in [-0.2, -0.15) is 4.31 Å². The third kappa shape index (κ3) is 7.36. The minimum Gasteiger partial charge on any atom is -0.322 e. The lowest BCUT2D eigenvalue weighted by molar-refractivity contribution is 0.102. The summed E-state index contributed by atoms with van der Waals surface area (Å²) >= 11 is 0. The molecule has 0 aliphatic heterocycles. The lowest BCUT2D eigenvalue weighted by atomic mass is 10.2. The Hall–Kier alpha value is -2.27. The van der Waals surface area contributed by atoms with E-state index in [1.54, 1.807) is 0 Å². The Labute approximate surface area is 197 Å². The van der Waals surface area contributed by atoms with Crippen molar-refractivity contribution >= 4 is 31.6 Å². The monoisotopic (exact) mass is 495 g/mol. The first-order valence-electron chi connectivity index (χ1n) is 11.2. The topological polar surface area (TPSA) is 113 Å². The molecule has 2 aromatic rings. The molecule has 10 heteroatoms. The molecule has 0 aromatic heterocycles. The molecule has 2 N–H and O–H groups in total. The number of carbonyl (C=O) groups excluding carboxylic acids is 1. The van der Waals surface area contributed by atoms with Gasteiger partial charge in [0.15, 0.2) is 0 Å². The van der Waals surface area contributed by atoms with Crippen LogP contribution >= 0.6 is 0 Å². The molecule has 0 saturated carbocycles. The van der Waals surface area contributed by atoms with Gasteiger partial charge < -0.3 is 5.32 Å². The van der Waals surface area contributed by atoms with Crippen LogP contribution in [-0.4, -0.2) is 46.7 Å². The van der Waals surface area contributed by atoms with Gasteiger partial charge in [0.1, 0.15) is 0 Å². The summed E-state index contributed by atoms with van der Waals surface area (Å²) in [5.74, 6) is -0.491. The maximum absolute atomic E-state index is 12.9. The van der Waals surface area contributed by atoms with Gasteiger partial charge >= 0.3 is 0 Å². The van der Waals surface area contributed by atoms with E-state index in [4.69, 9.17) is 0 Å². The molecule has 0 atom stereocenters. The predicted octanol–water partition coefficient (Wildman–Crippen LogP) is 3.83. The molecular weight excluding hydrogens is 462 g/mol. The van der Waals surface area contributed by atoms with Crippen LogP contribution in [0.5, 0.6) is 0 Å². The van der Waals surface area contributed by atoms with Gasteiger partial charge in [-0.25, -0.2) is 21.6 Å². The maximum Gasteiger partial charge on any atom is 0.255 e. The number of rotatable bonds is 13. The number of amides is 1. The molecule has 0 bridgehead atoms. The van der Waals surface area contributed by atoms with E-state index in [0.717, 1.165) is 25.7 Å². The molecule has 0 heterocycles. The first-order valence-corrected chi connectivity index (χ1v) is 14.1. The van der Waals surface area contributed by atoms with Crippen LogP contribution in [0.3, 0.4) is 0 Å². The van der Waals surface area contributed by atoms with Crippen LogP contribution < -0.4 is 10.0 Å². The number of carbonyl (C=O) groups is 1. The van der Waals surface area contributed by atoms with Gasteiger partial charge in [-0.1, -0.05) is 33.3 Å². The van der Waals surface area contributed by atoms with E-state index in [9.17, 15) is 21.6 Å². The number of unbranched alkanes of at least 4 members (excludes halogenated alkanes) is 1. The van der Waals surface area contributed by atoms with Crippen molar-refractivity contribution in [3.63, 3.8) is 0 Å². The van der Waals surface area contributed by atoms with Gasteiger partial charge in [0, 0.05) is 30.9 Å². The number of benzene rings is 2. The quantitative estimate of drug-likeness (QED) is 0.410. The average Bonchev–Trinajstić information content (AvgIpc) is 2.79. The van der Waals surface area contributed by atoms with E-state index in [-0.39, 0.29) is 15.4 Å². The summed E-state index contributed by atoms with van der Waals surface area (Å²) in [5, 5.41) is 2.68. The first kappa shape index (κ1) is 27.0. The van der Waals surface area contributed by atoms with E-state index in [1.807, 2.05) is 20.8 Å². The second kappa shape index (κ2) is 12.3. The highest BCUT2D eigenvalue weighted by Gasteiger charge is 2.23. The molecule has 0 radical (unpaired) electrons. The van der Waals surface area contributed by atoms with Crippen LogP contribution in [0.1, 0.15) is 56.8 Å². The fourth-order valence-corrected chi connectivity index (χ4v) is 5.93. The fraction of sp³-hybridized carbons (Fsp3) is 0.435. The van der Waals surface area contributed by atoms with E-state index in [2.05, 4.69) is 10.0 Å². The van der Waals surface area contributed by atoms with Crippen molar-refractivity contribution in [2.75, 3.05) is 25.0 Å². The van der Waals surface area contributed by atoms with Crippen molar-refractivity contribution in [1.82, 2.24) is 9.03 Å². The summed E-state index contributed by atoms with van der Waals surface area (Å²) in [6.45, 7) is 7.05. The van der Waals surface area contributed by atoms with E-state index < -0.39 is 26.0 Å². The molecule has 0 aliphatic carbocycles. The third-order valence-corrected chi connectivity index (χ3v) is 8.30. The highest BCUT2D eigenvalue weighted by atomic mass is 32.2. The second-order valence-electron chi connectivity index (χ2n) is 7.66. The van der Waals surface area contributed by atoms with Crippen molar-refractivity contribution in [2.24, 2.45) is 0 Å². The largest absolute Gasteiger partial charge is 0.322 e. The maximum atomic E-state index is 12.9. The Morgan fingerprint density at radius 3 is 2.06 bits per heavy atom. The molecular formula is C23H33N3O5S2. The summed E-state index contributed by atoms with van der Waals surface area (Å²) < 4.78 is 54.5. The molecule has 182 valence electrons. The zero-order valence-corrected chi connectivity index (χ0v) is 21.0. The highest BCUT2D eigenvalue weighted by Crippen LogP contribution is 2.20. The van der Waals surface area contributed by atoms with Gasteiger partial charge in [-0.15, -0.1) is 0 Å². The molecule has 33 heavy (non-hydrogen) atoms. The van der Waals surface area contributed by atoms with Crippen LogP contribution in [0.25, 0.3) is 0 Å². The molecule has 1 amide bonds. The average molecular weight is 496 g/mol. The molecule has 0 saturated heterocycles. The molecule has 2 aromatic carbocycles. The summed E-state index contributed by atoms with van der Waals surface area (Å²) in [6, 6.07) is 11.7. The molecule has 0 aliphatic rings. The van der Waals surface area contributed by atoms with Crippen LogP contribution in [0.2, 0.25) is 0 Å². The van der Waals surface area contributed by atoms with Crippen molar-refractivity contribution in [3.8, 4) is 0 Å². The number of sulfonamides is 2. The number of hydrogen-bond acceptors (Lipinski definition) is 5. The minimum atomic E-state index is -3.70. The molecule has 0 spiro atoms. The Bertz CT molecular complexity index is 1120. The van der Waals surface area contributed by atoms with E-state index in [1.165, 1.54) is 52.8 Å². The summed E-state index contributed by atoms with van der Waals surface area (Å²) in [6.07, 6.45) is 3.02. The Balaban J connectivity index is 2.15. The number of nitrogens with one attached hydrogen (secondary N) is 2. The van der Waals surface area contributed by atoms with Crippen LogP contribution in [-0.2, 0) is 20.0 Å². The molecule has 0 unspecified atom stereocenters. The Kier molecular flexibility index (Phi) is 10.0. The fourth-order valence-electron chi connectivity index (χ4n) is 3.18. The number of anilines is 1. The molecule has 8 nitrogen and oxygen atoms in total. The number of nitrogens with zero attached hydrogens (tertiary/aromatic N) is 1. The minimum absolute atomic E-state index is 0.0136. The highest BCUT2D eigenvalue weighted by molar-refractivity contribution is 7.89. The van der Waals surface area contributed by atoms with E-state index in [0.29, 0.717) is 25.3 Å². The summed E-state index contributed by atoms with van der Waals surface area (Å²) in [5.41, 5.74) is 0.591. The van der Waals surface area contributed by atoms with Crippen molar-refractivity contribution < 1.29 is 21.6 Å². The van der Waals surface area contributed by atoms with Crippen LogP contribution in [0.15, 0.2) is 58.3 Å². The van der Waals surface area contributed by atoms with Crippen molar-refractivity contribution in [2.45, 2.75) is 56.2 Å². The predicted molar refractivity (Wildman–Crippen MR) is 130 cm³/mol. The van der Waals surface area contributed by atoms with Gasteiger partial charge in [0.05, 0.1) is 9.79 Å². The zero-order chi connectivity index (χ0) is 24.5. The van der Waals surface area contributed by atoms with Gasteiger partial charge in [0.2, 0.25) is 20.0 Å². The smallest absolute Gasteiger partial charge is 0.255 e. The lowest BCUT2D eigenvalue weighted by Crippen LogP contribution is -2.32. The molecule has 2 rings (SSSR count). The zero-order valence-electron chi connectivity index (χ0n) is 19.4. The van der Waals surface area contributed by atoms with Crippen molar-refractivity contribution in [3.05, 3.63) is 54.1 Å². The lowest BCUT2D eigenvalue weighted by Gasteiger charge is -2.21. The van der Waals surface area contributed by atoms with Crippen LogP contribution in [0, 0.1) is 0 Å². The van der Waals surface area contributed by atoms with Gasteiger partial charge in [-0.3, -0.25) is 4.79 Å². The third-order valence-electron chi connectivity index (χ3n) is 4.92. The standard InChI is InChI=1S/C23H33N3O5S2/c1-4-7-15-24-32(28,29)22-10-8-9-19(18-22)23(27)25-20-11-13-21(14-12-20)33(30,31)26(16-5-2)17-6-3/h8-14,18,24H,4-7,15-17H2,1-3H3,(H,25,27). The molecule has 0 fully saturated rings. The van der Waals surface area contributed by atoms with Gasteiger partial charge in [0.25, 0.3) is 5.91 Å². The SMILES string of the molecule is CCCCNS(=O)(=O)c1cccc(C(=O)Nc2ccc(S(=O)(=O)N(CCC)CCC)cc2)c1. The summed E-state index contributed by atoms with van der Waals surface area (Å²) in [4.78, 5) is 12.8. The van der Waals surface area contributed by atoms with Gasteiger partial charge in [-0.05, 0) is 61.7 Å². The Morgan fingerprint density at radius 2 is 1.48 bits per heavy atom. The summed E-state index contributed by atoms with van der Waals surface area (Å²) in [7, 11) is -7.31. The normalized spacial score (nSPS) is 12.1. The Morgan fingerprint density at radius 1 is 0.848 bits per heavy atom. The second-order valence-corrected chi connectivity index (χ2v) is 11.4.